The van der Waals surface area contributed by atoms with Crippen LogP contribution in [0.3, 0.4) is 0 Å². The summed E-state index contributed by atoms with van der Waals surface area (Å²) in [7, 11) is 0. The Morgan fingerprint density at radius 3 is 1.81 bits per heavy atom. The van der Waals surface area contributed by atoms with Crippen molar-refractivity contribution in [1.82, 2.24) is 0 Å². The van der Waals surface area contributed by atoms with Gasteiger partial charge in [-0.1, -0.05) is 71.1 Å². The number of aliphatic hydroxyl groups is 1. The lowest BCUT2D eigenvalue weighted by molar-refractivity contribution is -0.140. The molecule has 1 aliphatic rings. The first-order valence-electron chi connectivity index (χ1n) is 10.3. The van der Waals surface area contributed by atoms with Crippen LogP contribution in [-0.4, -0.2) is 22.6 Å². The smallest absolute Gasteiger partial charge is 0.308 e. The molecule has 5 heteroatoms. The van der Waals surface area contributed by atoms with E-state index in [0.29, 0.717) is 6.42 Å². The molecule has 0 atom stereocenters. The number of Topliss-reactive ketones (excluding diaryl/α,β-unsaturated/α-hetero) is 2. The van der Waals surface area contributed by atoms with E-state index in [1.807, 2.05) is 0 Å². The van der Waals surface area contributed by atoms with E-state index in [1.54, 1.807) is 0 Å². The number of esters is 1. The maximum Gasteiger partial charge on any atom is 0.308 e. The molecule has 0 aromatic carbocycles. The van der Waals surface area contributed by atoms with E-state index in [1.165, 1.54) is 65.2 Å². The number of allylic oxidation sites excluding steroid dienone is 2. The summed E-state index contributed by atoms with van der Waals surface area (Å²) in [5.41, 5.74) is 0.0492. The summed E-state index contributed by atoms with van der Waals surface area (Å²) in [6.07, 6.45) is 13.3. The van der Waals surface area contributed by atoms with Crippen LogP contribution in [0.2, 0.25) is 0 Å². The van der Waals surface area contributed by atoms with Gasteiger partial charge < -0.3 is 9.84 Å². The number of ketones is 2. The molecule has 0 unspecified atom stereocenters. The fourth-order valence-corrected chi connectivity index (χ4v) is 3.30. The minimum Gasteiger partial charge on any atom is -0.504 e. The highest BCUT2D eigenvalue weighted by Gasteiger charge is 2.34. The van der Waals surface area contributed by atoms with Gasteiger partial charge >= 0.3 is 5.97 Å². The van der Waals surface area contributed by atoms with Gasteiger partial charge in [0.1, 0.15) is 0 Å². The number of carbonyl (C=O) groups excluding carboxylic acids is 3. The molecule has 0 saturated heterocycles. The predicted molar refractivity (Wildman–Crippen MR) is 105 cm³/mol. The molecule has 152 valence electrons. The summed E-state index contributed by atoms with van der Waals surface area (Å²) < 4.78 is 4.90. The monoisotopic (exact) mass is 378 g/mol. The molecule has 0 aliphatic heterocycles. The standard InChI is InChI=1S/C22H34O5/c1-4-5-6-7-8-9-10-11-12-13-14-15-18-20(25)19(24)16(2)22(21(18)26)27-17(3)23/h25H,4-15H2,1-3H3. The fraction of sp³-hybridized carbons (Fsp3) is 0.682. The molecule has 1 N–H and O–H groups in total. The van der Waals surface area contributed by atoms with Crippen molar-refractivity contribution in [3.05, 3.63) is 22.7 Å². The van der Waals surface area contributed by atoms with Crippen LogP contribution in [0.4, 0.5) is 0 Å². The number of aliphatic hydroxyl groups excluding tert-OH is 1. The first kappa shape index (κ1) is 23.1. The predicted octanol–water partition coefficient (Wildman–Crippen LogP) is 5.49. The SMILES string of the molecule is CCCCCCCCCCCCCC1=C(O)C(=O)C(C)=C(OC(C)=O)C1=O. The first-order chi connectivity index (χ1) is 12.9. The number of carbonyl (C=O) groups is 3. The summed E-state index contributed by atoms with van der Waals surface area (Å²) in [4.78, 5) is 35.7. The van der Waals surface area contributed by atoms with Crippen molar-refractivity contribution in [1.29, 1.82) is 0 Å². The lowest BCUT2D eigenvalue weighted by atomic mass is 9.90. The van der Waals surface area contributed by atoms with Crippen LogP contribution in [0, 0.1) is 0 Å². The van der Waals surface area contributed by atoms with Gasteiger partial charge in [-0.25, -0.2) is 0 Å². The highest BCUT2D eigenvalue weighted by atomic mass is 16.5. The lowest BCUT2D eigenvalue weighted by Crippen LogP contribution is -2.25. The summed E-state index contributed by atoms with van der Waals surface area (Å²) in [5.74, 6) is -2.58. The second kappa shape index (κ2) is 12.5. The van der Waals surface area contributed by atoms with Crippen molar-refractivity contribution < 1.29 is 24.2 Å². The van der Waals surface area contributed by atoms with Crippen LogP contribution in [0.1, 0.15) is 97.8 Å². The van der Waals surface area contributed by atoms with Crippen molar-refractivity contribution >= 4 is 17.5 Å². The van der Waals surface area contributed by atoms with Crippen LogP contribution >= 0.6 is 0 Å². The maximum absolute atomic E-state index is 12.4. The van der Waals surface area contributed by atoms with E-state index in [2.05, 4.69) is 6.92 Å². The van der Waals surface area contributed by atoms with E-state index in [-0.39, 0.29) is 16.9 Å². The van der Waals surface area contributed by atoms with Crippen molar-refractivity contribution in [3.8, 4) is 0 Å². The Morgan fingerprint density at radius 1 is 0.852 bits per heavy atom. The third kappa shape index (κ3) is 7.69. The molecular weight excluding hydrogens is 344 g/mol. The Morgan fingerprint density at radius 2 is 1.33 bits per heavy atom. The maximum atomic E-state index is 12.4. The Balaban J connectivity index is 2.32. The highest BCUT2D eigenvalue weighted by Crippen LogP contribution is 2.27. The molecule has 1 aliphatic carbocycles. The van der Waals surface area contributed by atoms with Crippen LogP contribution in [-0.2, 0) is 19.1 Å². The van der Waals surface area contributed by atoms with Gasteiger partial charge in [-0.3, -0.25) is 14.4 Å². The van der Waals surface area contributed by atoms with Crippen LogP contribution < -0.4 is 0 Å². The van der Waals surface area contributed by atoms with Crippen molar-refractivity contribution in [2.24, 2.45) is 0 Å². The molecule has 5 nitrogen and oxygen atoms in total. The highest BCUT2D eigenvalue weighted by molar-refractivity contribution is 6.23. The fourth-order valence-electron chi connectivity index (χ4n) is 3.30. The number of hydrogen-bond acceptors (Lipinski definition) is 5. The molecule has 0 amide bonds. The average Bonchev–Trinajstić information content (AvgIpc) is 2.64. The zero-order valence-corrected chi connectivity index (χ0v) is 17.1. The van der Waals surface area contributed by atoms with E-state index in [0.717, 1.165) is 19.3 Å². The Hall–Kier alpha value is -1.91. The third-order valence-corrected chi connectivity index (χ3v) is 4.94. The van der Waals surface area contributed by atoms with Crippen LogP contribution in [0.15, 0.2) is 22.7 Å². The largest absolute Gasteiger partial charge is 0.504 e. The van der Waals surface area contributed by atoms with Crippen molar-refractivity contribution in [2.75, 3.05) is 0 Å². The average molecular weight is 379 g/mol. The lowest BCUT2D eigenvalue weighted by Gasteiger charge is -2.18. The summed E-state index contributed by atoms with van der Waals surface area (Å²) >= 11 is 0. The molecule has 0 radical (unpaired) electrons. The van der Waals surface area contributed by atoms with Crippen molar-refractivity contribution in [3.63, 3.8) is 0 Å². The molecule has 27 heavy (non-hydrogen) atoms. The Labute approximate surface area is 162 Å². The van der Waals surface area contributed by atoms with Gasteiger partial charge in [0.05, 0.1) is 0 Å². The Bertz CT molecular complexity index is 598. The van der Waals surface area contributed by atoms with Gasteiger partial charge in [-0.05, 0) is 19.8 Å². The Kier molecular flexibility index (Phi) is 10.7. The van der Waals surface area contributed by atoms with Gasteiger partial charge in [0.15, 0.2) is 11.5 Å². The van der Waals surface area contributed by atoms with Gasteiger partial charge in [0.25, 0.3) is 0 Å². The third-order valence-electron chi connectivity index (χ3n) is 4.94. The minimum atomic E-state index is -0.652. The van der Waals surface area contributed by atoms with E-state index in [4.69, 9.17) is 4.74 Å². The molecule has 0 heterocycles. The molecule has 0 bridgehead atoms. The summed E-state index contributed by atoms with van der Waals surface area (Å²) in [6.45, 7) is 4.79. The normalized spacial score (nSPS) is 14.9. The molecular formula is C22H34O5. The van der Waals surface area contributed by atoms with Crippen LogP contribution in [0.25, 0.3) is 0 Å². The zero-order valence-electron chi connectivity index (χ0n) is 17.1. The number of hydrogen-bond donors (Lipinski definition) is 1. The van der Waals surface area contributed by atoms with Gasteiger partial charge in [0, 0.05) is 18.1 Å². The first-order valence-corrected chi connectivity index (χ1v) is 10.3. The topological polar surface area (TPSA) is 80.7 Å². The van der Waals surface area contributed by atoms with Gasteiger partial charge in [-0.2, -0.15) is 0 Å². The summed E-state index contributed by atoms with van der Waals surface area (Å²) in [5, 5.41) is 10.0. The number of ether oxygens (including phenoxy) is 1. The van der Waals surface area contributed by atoms with E-state index < -0.39 is 23.3 Å². The molecule has 0 aromatic heterocycles. The van der Waals surface area contributed by atoms with E-state index in [9.17, 15) is 19.5 Å². The van der Waals surface area contributed by atoms with Crippen LogP contribution in [0.5, 0.6) is 0 Å². The second-order valence-corrected chi connectivity index (χ2v) is 7.32. The molecule has 0 fully saturated rings. The second-order valence-electron chi connectivity index (χ2n) is 7.32. The van der Waals surface area contributed by atoms with Gasteiger partial charge in [0.2, 0.25) is 11.6 Å². The number of rotatable bonds is 13. The zero-order chi connectivity index (χ0) is 20.2. The van der Waals surface area contributed by atoms with Crippen molar-refractivity contribution in [2.45, 2.75) is 97.8 Å². The summed E-state index contributed by atoms with van der Waals surface area (Å²) in [6, 6.07) is 0. The minimum absolute atomic E-state index is 0.0182. The molecule has 0 spiro atoms. The van der Waals surface area contributed by atoms with E-state index >= 15 is 0 Å². The molecule has 0 aromatic rings. The quantitative estimate of drug-likeness (QED) is 0.260. The molecule has 1 rings (SSSR count). The molecule has 0 saturated carbocycles. The number of unbranched alkanes of at least 4 members (excludes halogenated alkanes) is 10. The van der Waals surface area contributed by atoms with Gasteiger partial charge in [-0.15, -0.1) is 0 Å².